The number of aromatic nitrogens is 2. The van der Waals surface area contributed by atoms with Gasteiger partial charge in [0.1, 0.15) is 0 Å². The van der Waals surface area contributed by atoms with Crippen LogP contribution < -0.4 is 10.6 Å². The molecule has 1 amide bonds. The summed E-state index contributed by atoms with van der Waals surface area (Å²) in [4.78, 5) is 12.4. The summed E-state index contributed by atoms with van der Waals surface area (Å²) in [6.45, 7) is 2.06. The highest BCUT2D eigenvalue weighted by molar-refractivity contribution is 6.32. The Morgan fingerprint density at radius 3 is 2.88 bits per heavy atom. The van der Waals surface area contributed by atoms with Crippen LogP contribution in [0.2, 0.25) is 5.02 Å². The number of rotatable bonds is 4. The van der Waals surface area contributed by atoms with Crippen molar-refractivity contribution in [1.82, 2.24) is 20.4 Å². The number of benzene rings is 2. The average molecular weight is 353 g/mol. The number of nitrogens with one attached hydrogen (secondary N) is 2. The van der Waals surface area contributed by atoms with Crippen LogP contribution in [0.15, 0.2) is 54.7 Å². The van der Waals surface area contributed by atoms with Crippen LogP contribution in [0.3, 0.4) is 0 Å². The van der Waals surface area contributed by atoms with Crippen molar-refractivity contribution in [2.75, 3.05) is 0 Å². The number of fused-ring (bicyclic) bond motifs is 1. The Labute approximate surface area is 150 Å². The van der Waals surface area contributed by atoms with Gasteiger partial charge in [0.25, 0.3) is 5.91 Å². The lowest BCUT2D eigenvalue weighted by Gasteiger charge is -2.06. The Kier molecular flexibility index (Phi) is 4.26. The molecule has 1 aromatic heterocycles. The molecule has 0 fully saturated rings. The second kappa shape index (κ2) is 6.70. The zero-order chi connectivity index (χ0) is 17.2. The number of amides is 1. The van der Waals surface area contributed by atoms with Crippen molar-refractivity contribution in [3.63, 3.8) is 0 Å². The number of hydrogen-bond donors (Lipinski definition) is 2. The fourth-order valence-electron chi connectivity index (χ4n) is 2.94. The zero-order valence-corrected chi connectivity index (χ0v) is 14.3. The second-order valence-electron chi connectivity index (χ2n) is 5.97. The molecule has 0 unspecified atom stereocenters. The Bertz CT molecular complexity index is 935. The molecular formula is C19H17ClN4O. The third-order valence-corrected chi connectivity index (χ3v) is 4.59. The Balaban J connectivity index is 1.43. The molecule has 6 heteroatoms. The molecule has 2 N–H and O–H groups in total. The van der Waals surface area contributed by atoms with Crippen LogP contribution >= 0.6 is 11.6 Å². The topological polar surface area (TPSA) is 59.0 Å². The predicted octanol–water partition coefficient (Wildman–Crippen LogP) is 3.06. The normalized spacial score (nSPS) is 12.8. The summed E-state index contributed by atoms with van der Waals surface area (Å²) in [6.07, 6.45) is 1.84. The van der Waals surface area contributed by atoms with Crippen molar-refractivity contribution in [3.05, 3.63) is 82.1 Å². The number of carbonyl (C=O) groups is 1. The highest BCUT2D eigenvalue weighted by atomic mass is 35.5. The van der Waals surface area contributed by atoms with Gasteiger partial charge in [-0.15, -0.1) is 0 Å². The van der Waals surface area contributed by atoms with Gasteiger partial charge in [-0.05, 0) is 41.5 Å². The fraction of sp³-hybridized carbons (Fsp3) is 0.158. The molecule has 2 aromatic carbocycles. The minimum atomic E-state index is -0.0954. The lowest BCUT2D eigenvalue weighted by molar-refractivity contribution is 0.0950. The van der Waals surface area contributed by atoms with Gasteiger partial charge in [0.15, 0.2) is 0 Å². The highest BCUT2D eigenvalue weighted by Gasteiger charge is 2.13. The molecule has 126 valence electrons. The first-order valence-corrected chi connectivity index (χ1v) is 8.49. The Morgan fingerprint density at radius 1 is 1.16 bits per heavy atom. The maximum Gasteiger partial charge on any atom is 0.251 e. The zero-order valence-electron chi connectivity index (χ0n) is 13.5. The van der Waals surface area contributed by atoms with E-state index in [-0.39, 0.29) is 5.91 Å². The summed E-state index contributed by atoms with van der Waals surface area (Å²) >= 11 is 6.19. The van der Waals surface area contributed by atoms with Crippen LogP contribution in [0.1, 0.15) is 27.2 Å². The predicted molar refractivity (Wildman–Crippen MR) is 96.7 cm³/mol. The summed E-state index contributed by atoms with van der Waals surface area (Å²) < 4.78 is 1.71. The quantitative estimate of drug-likeness (QED) is 0.758. The lowest BCUT2D eigenvalue weighted by Crippen LogP contribution is -2.23. The van der Waals surface area contributed by atoms with Gasteiger partial charge in [0, 0.05) is 24.8 Å². The van der Waals surface area contributed by atoms with Crippen molar-refractivity contribution in [2.24, 2.45) is 0 Å². The summed E-state index contributed by atoms with van der Waals surface area (Å²) in [7, 11) is 0. The van der Waals surface area contributed by atoms with Crippen molar-refractivity contribution in [1.29, 1.82) is 0 Å². The molecule has 0 atom stereocenters. The van der Waals surface area contributed by atoms with Gasteiger partial charge in [0.2, 0.25) is 0 Å². The summed E-state index contributed by atoms with van der Waals surface area (Å²) in [5, 5.41) is 11.3. The SMILES string of the molecule is O=C(NCc1ccn(-c2ccccc2Cl)n1)c1ccc2c(c1)CNC2. The first-order valence-electron chi connectivity index (χ1n) is 8.11. The Morgan fingerprint density at radius 2 is 2.00 bits per heavy atom. The molecule has 5 nitrogen and oxygen atoms in total. The van der Waals surface area contributed by atoms with Crippen LogP contribution in [-0.2, 0) is 19.6 Å². The monoisotopic (exact) mass is 352 g/mol. The summed E-state index contributed by atoms with van der Waals surface area (Å²) in [5.74, 6) is -0.0954. The van der Waals surface area contributed by atoms with Gasteiger partial charge in [-0.3, -0.25) is 4.79 Å². The number of carbonyl (C=O) groups excluding carboxylic acids is 1. The number of halogens is 1. The molecule has 3 aromatic rings. The number of nitrogens with zero attached hydrogens (tertiary/aromatic N) is 2. The molecule has 2 heterocycles. The smallest absolute Gasteiger partial charge is 0.251 e. The largest absolute Gasteiger partial charge is 0.346 e. The standard InChI is InChI=1S/C19H17ClN4O/c20-17-3-1-2-4-18(17)24-8-7-16(23-24)12-22-19(25)13-5-6-14-10-21-11-15(14)9-13/h1-9,21H,10-12H2,(H,22,25). The van der Waals surface area contributed by atoms with E-state index in [2.05, 4.69) is 15.7 Å². The van der Waals surface area contributed by atoms with Crippen LogP contribution in [-0.4, -0.2) is 15.7 Å². The van der Waals surface area contributed by atoms with Crippen LogP contribution in [0.25, 0.3) is 5.69 Å². The van der Waals surface area contributed by atoms with E-state index >= 15 is 0 Å². The second-order valence-corrected chi connectivity index (χ2v) is 6.38. The first kappa shape index (κ1) is 15.9. The fourth-order valence-corrected chi connectivity index (χ4v) is 3.16. The summed E-state index contributed by atoms with van der Waals surface area (Å²) in [6, 6.07) is 15.2. The van der Waals surface area contributed by atoms with Crippen molar-refractivity contribution >= 4 is 17.5 Å². The molecule has 0 bridgehead atoms. The molecule has 1 aliphatic heterocycles. The molecule has 0 saturated heterocycles. The molecule has 0 spiro atoms. The lowest BCUT2D eigenvalue weighted by atomic mass is 10.1. The van der Waals surface area contributed by atoms with E-state index in [1.54, 1.807) is 4.68 Å². The average Bonchev–Trinajstić information content (AvgIpc) is 3.28. The number of hydrogen-bond acceptors (Lipinski definition) is 3. The van der Waals surface area contributed by atoms with Gasteiger partial charge in [-0.2, -0.15) is 5.10 Å². The molecule has 0 saturated carbocycles. The minimum Gasteiger partial charge on any atom is -0.346 e. The van der Waals surface area contributed by atoms with Crippen LogP contribution in [0.5, 0.6) is 0 Å². The van der Waals surface area contributed by atoms with E-state index in [9.17, 15) is 4.79 Å². The van der Waals surface area contributed by atoms with E-state index in [0.29, 0.717) is 17.1 Å². The van der Waals surface area contributed by atoms with Gasteiger partial charge >= 0.3 is 0 Å². The van der Waals surface area contributed by atoms with Crippen LogP contribution in [0.4, 0.5) is 0 Å². The minimum absolute atomic E-state index is 0.0954. The maximum atomic E-state index is 12.4. The first-order chi connectivity index (χ1) is 12.2. The summed E-state index contributed by atoms with van der Waals surface area (Å²) in [5.41, 5.74) is 4.71. The number of para-hydroxylation sites is 1. The Hall–Kier alpha value is -2.63. The van der Waals surface area contributed by atoms with E-state index in [0.717, 1.165) is 24.5 Å². The van der Waals surface area contributed by atoms with Crippen molar-refractivity contribution in [3.8, 4) is 5.69 Å². The highest BCUT2D eigenvalue weighted by Crippen LogP contribution is 2.19. The van der Waals surface area contributed by atoms with E-state index in [1.807, 2.05) is 54.7 Å². The van der Waals surface area contributed by atoms with Crippen molar-refractivity contribution < 1.29 is 4.79 Å². The molecule has 25 heavy (non-hydrogen) atoms. The molecular weight excluding hydrogens is 336 g/mol. The molecule has 1 aliphatic rings. The third kappa shape index (κ3) is 3.29. The van der Waals surface area contributed by atoms with Crippen LogP contribution in [0, 0.1) is 0 Å². The maximum absolute atomic E-state index is 12.4. The van der Waals surface area contributed by atoms with Crippen molar-refractivity contribution in [2.45, 2.75) is 19.6 Å². The van der Waals surface area contributed by atoms with E-state index in [4.69, 9.17) is 11.6 Å². The molecule has 4 rings (SSSR count). The van der Waals surface area contributed by atoms with E-state index < -0.39 is 0 Å². The van der Waals surface area contributed by atoms with Gasteiger partial charge in [-0.1, -0.05) is 29.8 Å². The molecule has 0 aliphatic carbocycles. The van der Waals surface area contributed by atoms with Gasteiger partial charge in [0.05, 0.1) is 22.9 Å². The van der Waals surface area contributed by atoms with Gasteiger partial charge < -0.3 is 10.6 Å². The molecule has 0 radical (unpaired) electrons. The van der Waals surface area contributed by atoms with E-state index in [1.165, 1.54) is 11.1 Å². The third-order valence-electron chi connectivity index (χ3n) is 4.27. The van der Waals surface area contributed by atoms with Gasteiger partial charge in [-0.25, -0.2) is 4.68 Å².